The fourth-order valence-electron chi connectivity index (χ4n) is 1.54. The predicted octanol–water partition coefficient (Wildman–Crippen LogP) is 2.43. The van der Waals surface area contributed by atoms with E-state index in [1.165, 1.54) is 0 Å². The molecular weight excluding hydrogens is 212 g/mol. The molecule has 88 valence electrons. The second-order valence-corrected chi connectivity index (χ2v) is 3.92. The molecule has 2 N–H and O–H groups in total. The topological polar surface area (TPSA) is 48.1 Å². The minimum Gasteiger partial charge on any atom is -0.489 e. The minimum absolute atomic E-state index is 0.471. The summed E-state index contributed by atoms with van der Waals surface area (Å²) in [5.41, 5.74) is 8.57. The highest BCUT2D eigenvalue weighted by molar-refractivity contribution is 5.32. The van der Waals surface area contributed by atoms with Crippen LogP contribution in [-0.4, -0.2) is 4.98 Å². The zero-order valence-electron chi connectivity index (χ0n) is 9.89. The average Bonchev–Trinajstić information content (AvgIpc) is 2.38. The Morgan fingerprint density at radius 2 is 2.00 bits per heavy atom. The number of aryl methyl sites for hydroxylation is 1. The molecule has 1 heterocycles. The lowest BCUT2D eigenvalue weighted by Crippen LogP contribution is -2.01. The van der Waals surface area contributed by atoms with Gasteiger partial charge in [0, 0.05) is 18.3 Å². The van der Waals surface area contributed by atoms with Crippen molar-refractivity contribution in [1.29, 1.82) is 0 Å². The van der Waals surface area contributed by atoms with Crippen molar-refractivity contribution in [3.63, 3.8) is 0 Å². The second-order valence-electron chi connectivity index (χ2n) is 3.92. The van der Waals surface area contributed by atoms with Crippen molar-refractivity contribution in [3.8, 4) is 5.75 Å². The molecular formula is C14H16N2O. The molecule has 3 heteroatoms. The molecule has 0 bridgehead atoms. The Hall–Kier alpha value is -1.87. The van der Waals surface area contributed by atoms with Gasteiger partial charge in [-0.3, -0.25) is 4.98 Å². The van der Waals surface area contributed by atoms with Gasteiger partial charge in [0.15, 0.2) is 0 Å². The van der Waals surface area contributed by atoms with Gasteiger partial charge < -0.3 is 10.5 Å². The molecule has 17 heavy (non-hydrogen) atoms. The maximum absolute atomic E-state index is 5.73. The van der Waals surface area contributed by atoms with Gasteiger partial charge in [0.1, 0.15) is 12.4 Å². The SMILES string of the molecule is Cc1ccccc1OCc1ccc(CN)nc1. The summed E-state index contributed by atoms with van der Waals surface area (Å²) in [5.74, 6) is 0.912. The molecule has 0 amide bonds. The fraction of sp³-hybridized carbons (Fsp3) is 0.214. The highest BCUT2D eigenvalue weighted by Crippen LogP contribution is 2.17. The third-order valence-corrected chi connectivity index (χ3v) is 2.58. The first-order valence-corrected chi connectivity index (χ1v) is 5.62. The summed E-state index contributed by atoms with van der Waals surface area (Å²) in [7, 11) is 0. The highest BCUT2D eigenvalue weighted by atomic mass is 16.5. The number of pyridine rings is 1. The number of para-hydroxylation sites is 1. The molecule has 0 aliphatic heterocycles. The van der Waals surface area contributed by atoms with Gasteiger partial charge in [-0.2, -0.15) is 0 Å². The Labute approximate surface area is 101 Å². The monoisotopic (exact) mass is 228 g/mol. The van der Waals surface area contributed by atoms with Crippen molar-refractivity contribution in [2.75, 3.05) is 0 Å². The molecule has 1 aromatic carbocycles. The van der Waals surface area contributed by atoms with E-state index in [-0.39, 0.29) is 0 Å². The molecule has 0 saturated carbocycles. The molecule has 0 aliphatic rings. The maximum atomic E-state index is 5.73. The smallest absolute Gasteiger partial charge is 0.122 e. The number of nitrogens with zero attached hydrogens (tertiary/aromatic N) is 1. The first-order chi connectivity index (χ1) is 8.29. The molecule has 0 aliphatic carbocycles. The minimum atomic E-state index is 0.471. The third-order valence-electron chi connectivity index (χ3n) is 2.58. The van der Waals surface area contributed by atoms with E-state index in [9.17, 15) is 0 Å². The highest BCUT2D eigenvalue weighted by Gasteiger charge is 1.99. The van der Waals surface area contributed by atoms with Crippen molar-refractivity contribution in [2.24, 2.45) is 5.73 Å². The molecule has 2 aromatic rings. The zero-order chi connectivity index (χ0) is 12.1. The summed E-state index contributed by atoms with van der Waals surface area (Å²) >= 11 is 0. The van der Waals surface area contributed by atoms with Gasteiger partial charge in [-0.05, 0) is 24.6 Å². The van der Waals surface area contributed by atoms with E-state index in [1.54, 1.807) is 6.20 Å². The van der Waals surface area contributed by atoms with Crippen LogP contribution < -0.4 is 10.5 Å². The summed E-state index contributed by atoms with van der Waals surface area (Å²) in [6.07, 6.45) is 1.81. The van der Waals surface area contributed by atoms with Crippen LogP contribution in [0.2, 0.25) is 0 Å². The number of benzene rings is 1. The lowest BCUT2D eigenvalue weighted by Gasteiger charge is -2.08. The maximum Gasteiger partial charge on any atom is 0.122 e. The van der Waals surface area contributed by atoms with Gasteiger partial charge in [-0.1, -0.05) is 24.3 Å². The first kappa shape index (κ1) is 11.6. The normalized spacial score (nSPS) is 10.2. The van der Waals surface area contributed by atoms with Crippen LogP contribution in [0.15, 0.2) is 42.6 Å². The van der Waals surface area contributed by atoms with E-state index >= 15 is 0 Å². The van der Waals surface area contributed by atoms with Gasteiger partial charge in [-0.25, -0.2) is 0 Å². The number of rotatable bonds is 4. The van der Waals surface area contributed by atoms with Gasteiger partial charge in [0.2, 0.25) is 0 Å². The van der Waals surface area contributed by atoms with E-state index < -0.39 is 0 Å². The van der Waals surface area contributed by atoms with Crippen LogP contribution in [0.5, 0.6) is 5.75 Å². The van der Waals surface area contributed by atoms with Crippen molar-refractivity contribution in [2.45, 2.75) is 20.1 Å². The van der Waals surface area contributed by atoms with Gasteiger partial charge in [0.05, 0.1) is 5.69 Å². The van der Waals surface area contributed by atoms with Crippen molar-refractivity contribution >= 4 is 0 Å². The predicted molar refractivity (Wildman–Crippen MR) is 67.6 cm³/mol. The van der Waals surface area contributed by atoms with E-state index in [0.29, 0.717) is 13.2 Å². The van der Waals surface area contributed by atoms with Crippen molar-refractivity contribution in [3.05, 3.63) is 59.4 Å². The van der Waals surface area contributed by atoms with E-state index in [2.05, 4.69) is 4.98 Å². The van der Waals surface area contributed by atoms with Gasteiger partial charge in [0.25, 0.3) is 0 Å². The Morgan fingerprint density at radius 1 is 1.18 bits per heavy atom. The van der Waals surface area contributed by atoms with Crippen LogP contribution in [0.3, 0.4) is 0 Å². The van der Waals surface area contributed by atoms with Crippen LogP contribution in [0.4, 0.5) is 0 Å². The van der Waals surface area contributed by atoms with Crippen LogP contribution in [0.1, 0.15) is 16.8 Å². The number of hydrogen-bond donors (Lipinski definition) is 1. The Bertz CT molecular complexity index is 480. The number of nitrogens with two attached hydrogens (primary N) is 1. The fourth-order valence-corrected chi connectivity index (χ4v) is 1.54. The zero-order valence-corrected chi connectivity index (χ0v) is 9.89. The largest absolute Gasteiger partial charge is 0.489 e. The Morgan fingerprint density at radius 3 is 2.65 bits per heavy atom. The second kappa shape index (κ2) is 5.46. The van der Waals surface area contributed by atoms with Crippen LogP contribution in [-0.2, 0) is 13.2 Å². The quantitative estimate of drug-likeness (QED) is 0.874. The summed E-state index contributed by atoms with van der Waals surface area (Å²) < 4.78 is 5.73. The van der Waals surface area contributed by atoms with E-state index in [0.717, 1.165) is 22.6 Å². The van der Waals surface area contributed by atoms with E-state index in [1.807, 2.05) is 43.3 Å². The molecule has 3 nitrogen and oxygen atoms in total. The summed E-state index contributed by atoms with van der Waals surface area (Å²) in [4.78, 5) is 4.23. The van der Waals surface area contributed by atoms with Crippen LogP contribution >= 0.6 is 0 Å². The molecule has 0 radical (unpaired) electrons. The molecule has 2 rings (SSSR count). The standard InChI is InChI=1S/C14H16N2O/c1-11-4-2-3-5-14(11)17-10-12-6-7-13(8-15)16-9-12/h2-7,9H,8,10,15H2,1H3. The van der Waals surface area contributed by atoms with Gasteiger partial charge in [-0.15, -0.1) is 0 Å². The molecule has 1 aromatic heterocycles. The lowest BCUT2D eigenvalue weighted by atomic mass is 10.2. The van der Waals surface area contributed by atoms with Crippen molar-refractivity contribution < 1.29 is 4.74 Å². The molecule has 0 atom stereocenters. The van der Waals surface area contributed by atoms with Gasteiger partial charge >= 0.3 is 0 Å². The molecule has 0 spiro atoms. The average molecular weight is 228 g/mol. The first-order valence-electron chi connectivity index (χ1n) is 5.62. The lowest BCUT2D eigenvalue weighted by molar-refractivity contribution is 0.303. The van der Waals surface area contributed by atoms with Crippen LogP contribution in [0, 0.1) is 6.92 Å². The van der Waals surface area contributed by atoms with Crippen molar-refractivity contribution in [1.82, 2.24) is 4.98 Å². The summed E-state index contributed by atoms with van der Waals surface area (Å²) in [6.45, 7) is 3.03. The van der Waals surface area contributed by atoms with E-state index in [4.69, 9.17) is 10.5 Å². The Balaban J connectivity index is 2.00. The molecule has 0 unspecified atom stereocenters. The number of ether oxygens (including phenoxy) is 1. The molecule has 0 fully saturated rings. The molecule has 0 saturated heterocycles. The Kier molecular flexibility index (Phi) is 3.73. The van der Waals surface area contributed by atoms with Crippen LogP contribution in [0.25, 0.3) is 0 Å². The summed E-state index contributed by atoms with van der Waals surface area (Å²) in [5, 5.41) is 0. The third kappa shape index (κ3) is 3.04. The number of hydrogen-bond acceptors (Lipinski definition) is 3. The number of aromatic nitrogens is 1. The summed E-state index contributed by atoms with van der Waals surface area (Å²) in [6, 6.07) is 11.9.